The lowest BCUT2D eigenvalue weighted by Gasteiger charge is -2.16. The maximum absolute atomic E-state index is 8.79. The minimum absolute atomic E-state index is 0.731. The summed E-state index contributed by atoms with van der Waals surface area (Å²) in [6.07, 6.45) is 4.41. The van der Waals surface area contributed by atoms with Crippen LogP contribution >= 0.6 is 11.3 Å². The van der Waals surface area contributed by atoms with E-state index in [-0.39, 0.29) is 0 Å². The molecule has 102 valence electrons. The smallest absolute Gasteiger partial charge is 0.128 e. The third-order valence-corrected chi connectivity index (χ3v) is 4.36. The minimum Gasteiger partial charge on any atom is -0.379 e. The first kappa shape index (κ1) is 12.9. The first-order valence-electron chi connectivity index (χ1n) is 6.77. The van der Waals surface area contributed by atoms with Gasteiger partial charge < -0.3 is 10.2 Å². The van der Waals surface area contributed by atoms with E-state index in [1.54, 1.807) is 11.3 Å². The lowest BCUT2D eigenvalue weighted by Crippen LogP contribution is -2.18. The molecule has 0 saturated carbocycles. The number of aromatic nitrogens is 1. The highest BCUT2D eigenvalue weighted by Crippen LogP contribution is 2.20. The van der Waals surface area contributed by atoms with Gasteiger partial charge in [-0.15, -0.1) is 11.3 Å². The highest BCUT2D eigenvalue weighted by atomic mass is 32.1. The molecule has 0 radical (unpaired) electrons. The molecule has 20 heavy (non-hydrogen) atoms. The van der Waals surface area contributed by atoms with Crippen molar-refractivity contribution in [1.82, 2.24) is 4.98 Å². The van der Waals surface area contributed by atoms with Crippen molar-refractivity contribution < 1.29 is 0 Å². The Morgan fingerprint density at radius 2 is 2.20 bits per heavy atom. The first-order chi connectivity index (χ1) is 9.85. The van der Waals surface area contributed by atoms with E-state index in [0.29, 0.717) is 0 Å². The highest BCUT2D eigenvalue weighted by molar-refractivity contribution is 7.10. The topological polar surface area (TPSA) is 52.0 Å². The van der Waals surface area contributed by atoms with Gasteiger partial charge in [0.05, 0.1) is 17.4 Å². The number of thiophene rings is 1. The highest BCUT2D eigenvalue weighted by Gasteiger charge is 2.12. The predicted molar refractivity (Wildman–Crippen MR) is 82.0 cm³/mol. The first-order valence-corrected chi connectivity index (χ1v) is 7.65. The standard InChI is InChI=1S/C15H16N4S/c16-8-12-7-14(20-11-12)10-17-13-3-4-15(18-9-13)19-5-1-2-6-19/h3-4,7,9,11,17H,1-2,5-6,10H2. The van der Waals surface area contributed by atoms with Crippen molar-refractivity contribution in [2.24, 2.45) is 0 Å². The monoisotopic (exact) mass is 284 g/mol. The Balaban J connectivity index is 1.59. The molecule has 2 aromatic rings. The van der Waals surface area contributed by atoms with Gasteiger partial charge in [-0.3, -0.25) is 0 Å². The molecule has 0 bridgehead atoms. The number of anilines is 2. The van der Waals surface area contributed by atoms with E-state index in [9.17, 15) is 0 Å². The fourth-order valence-corrected chi connectivity index (χ4v) is 3.09. The molecule has 3 heterocycles. The summed E-state index contributed by atoms with van der Waals surface area (Å²) in [5.74, 6) is 1.07. The molecule has 0 unspecified atom stereocenters. The van der Waals surface area contributed by atoms with Crippen LogP contribution in [0.4, 0.5) is 11.5 Å². The van der Waals surface area contributed by atoms with Crippen molar-refractivity contribution in [3.05, 3.63) is 40.2 Å². The number of rotatable bonds is 4. The molecule has 0 aliphatic carbocycles. The zero-order valence-corrected chi connectivity index (χ0v) is 12.0. The molecule has 1 aliphatic rings. The van der Waals surface area contributed by atoms with Crippen LogP contribution in [-0.2, 0) is 6.54 Å². The van der Waals surface area contributed by atoms with Crippen LogP contribution < -0.4 is 10.2 Å². The summed E-state index contributed by atoms with van der Waals surface area (Å²) < 4.78 is 0. The van der Waals surface area contributed by atoms with Gasteiger partial charge in [0.25, 0.3) is 0 Å². The normalized spacial score (nSPS) is 14.2. The summed E-state index contributed by atoms with van der Waals surface area (Å²) in [4.78, 5) is 7.99. The number of hydrogen-bond donors (Lipinski definition) is 1. The molecule has 0 spiro atoms. The number of pyridine rings is 1. The minimum atomic E-state index is 0.731. The summed E-state index contributed by atoms with van der Waals surface area (Å²) in [7, 11) is 0. The van der Waals surface area contributed by atoms with Crippen molar-refractivity contribution >= 4 is 22.8 Å². The molecule has 0 atom stereocenters. The Kier molecular flexibility index (Phi) is 3.84. The number of nitrogens with zero attached hydrogens (tertiary/aromatic N) is 3. The van der Waals surface area contributed by atoms with Gasteiger partial charge in [-0.05, 0) is 31.0 Å². The molecule has 5 heteroatoms. The van der Waals surface area contributed by atoms with Crippen molar-refractivity contribution in [3.63, 3.8) is 0 Å². The van der Waals surface area contributed by atoms with Crippen LogP contribution in [0.15, 0.2) is 29.8 Å². The fraction of sp³-hybridized carbons (Fsp3) is 0.333. The van der Waals surface area contributed by atoms with Gasteiger partial charge in [0.15, 0.2) is 0 Å². The fourth-order valence-electron chi connectivity index (χ4n) is 2.35. The Morgan fingerprint density at radius 3 is 2.85 bits per heavy atom. The number of nitriles is 1. The Bertz CT molecular complexity index is 606. The van der Waals surface area contributed by atoms with E-state index in [4.69, 9.17) is 5.26 Å². The van der Waals surface area contributed by atoms with Gasteiger partial charge in [-0.2, -0.15) is 5.26 Å². The second-order valence-corrected chi connectivity index (χ2v) is 5.86. The number of nitrogens with one attached hydrogen (secondary N) is 1. The molecular formula is C15H16N4S. The third-order valence-electron chi connectivity index (χ3n) is 3.43. The number of hydrogen-bond acceptors (Lipinski definition) is 5. The molecule has 4 nitrogen and oxygen atoms in total. The van der Waals surface area contributed by atoms with Crippen molar-refractivity contribution in [2.75, 3.05) is 23.3 Å². The largest absolute Gasteiger partial charge is 0.379 e. The van der Waals surface area contributed by atoms with Crippen LogP contribution in [0.2, 0.25) is 0 Å². The van der Waals surface area contributed by atoms with Gasteiger partial charge in [0, 0.05) is 29.9 Å². The van der Waals surface area contributed by atoms with E-state index in [1.165, 1.54) is 12.8 Å². The maximum atomic E-state index is 8.79. The molecule has 1 fully saturated rings. The molecule has 2 aromatic heterocycles. The van der Waals surface area contributed by atoms with Crippen LogP contribution in [0, 0.1) is 11.3 Å². The molecule has 1 aliphatic heterocycles. The second-order valence-electron chi connectivity index (χ2n) is 4.87. The van der Waals surface area contributed by atoms with Crippen LogP contribution in [0.25, 0.3) is 0 Å². The van der Waals surface area contributed by atoms with Gasteiger partial charge in [0.2, 0.25) is 0 Å². The lowest BCUT2D eigenvalue weighted by atomic mass is 10.3. The zero-order valence-electron chi connectivity index (χ0n) is 11.2. The molecule has 1 N–H and O–H groups in total. The summed E-state index contributed by atoms with van der Waals surface area (Å²) in [6, 6.07) is 8.21. The van der Waals surface area contributed by atoms with Crippen LogP contribution in [0.5, 0.6) is 0 Å². The third kappa shape index (κ3) is 2.91. The van der Waals surface area contributed by atoms with Crippen LogP contribution in [0.3, 0.4) is 0 Å². The summed E-state index contributed by atoms with van der Waals surface area (Å²) in [5, 5.41) is 14.0. The quantitative estimate of drug-likeness (QED) is 0.936. The maximum Gasteiger partial charge on any atom is 0.128 e. The van der Waals surface area contributed by atoms with Crippen molar-refractivity contribution in [3.8, 4) is 6.07 Å². The summed E-state index contributed by atoms with van der Waals surface area (Å²) >= 11 is 1.60. The van der Waals surface area contributed by atoms with Crippen molar-refractivity contribution in [2.45, 2.75) is 19.4 Å². The van der Waals surface area contributed by atoms with E-state index in [2.05, 4.69) is 33.4 Å². The summed E-state index contributed by atoms with van der Waals surface area (Å²) in [5.41, 5.74) is 1.74. The average molecular weight is 284 g/mol. The van der Waals surface area contributed by atoms with Crippen molar-refractivity contribution in [1.29, 1.82) is 5.26 Å². The van der Waals surface area contributed by atoms with Gasteiger partial charge in [-0.1, -0.05) is 0 Å². The second kappa shape index (κ2) is 5.93. The van der Waals surface area contributed by atoms with E-state index in [0.717, 1.165) is 41.6 Å². The summed E-state index contributed by atoms with van der Waals surface area (Å²) in [6.45, 7) is 2.97. The Morgan fingerprint density at radius 1 is 1.35 bits per heavy atom. The molecule has 0 aromatic carbocycles. The molecule has 3 rings (SSSR count). The Hall–Kier alpha value is -2.06. The zero-order chi connectivity index (χ0) is 13.8. The van der Waals surface area contributed by atoms with Crippen LogP contribution in [0.1, 0.15) is 23.3 Å². The van der Waals surface area contributed by atoms with Gasteiger partial charge >= 0.3 is 0 Å². The molecule has 1 saturated heterocycles. The van der Waals surface area contributed by atoms with E-state index < -0.39 is 0 Å². The Labute approximate surface area is 122 Å². The SMILES string of the molecule is N#Cc1csc(CNc2ccc(N3CCCC3)nc2)c1. The van der Waals surface area contributed by atoms with E-state index in [1.807, 2.05) is 17.6 Å². The van der Waals surface area contributed by atoms with Gasteiger partial charge in [-0.25, -0.2) is 4.98 Å². The molecule has 0 amide bonds. The molecular weight excluding hydrogens is 268 g/mol. The average Bonchev–Trinajstić information content (AvgIpc) is 3.17. The van der Waals surface area contributed by atoms with Gasteiger partial charge in [0.1, 0.15) is 11.9 Å². The predicted octanol–water partition coefficient (Wildman–Crippen LogP) is 3.23. The van der Waals surface area contributed by atoms with E-state index >= 15 is 0 Å². The lowest BCUT2D eigenvalue weighted by molar-refractivity contribution is 0.937. The van der Waals surface area contributed by atoms with Crippen LogP contribution in [-0.4, -0.2) is 18.1 Å².